The molecule has 2 rings (SSSR count). The number of hydrogen-bond acceptors (Lipinski definition) is 3. The predicted octanol–water partition coefficient (Wildman–Crippen LogP) is 1.01. The second-order valence-electron chi connectivity index (χ2n) is 5.33. The van der Waals surface area contributed by atoms with Gasteiger partial charge < -0.3 is 16.2 Å². The van der Waals surface area contributed by atoms with Gasteiger partial charge in [-0.2, -0.15) is 0 Å². The van der Waals surface area contributed by atoms with Crippen molar-refractivity contribution in [1.29, 1.82) is 0 Å². The molecule has 0 aromatic carbocycles. The second kappa shape index (κ2) is 4.40. The summed E-state index contributed by atoms with van der Waals surface area (Å²) in [5.74, 6) is 0. The molecule has 1 saturated heterocycles. The van der Waals surface area contributed by atoms with Crippen LogP contribution < -0.4 is 11.1 Å². The largest absolute Gasteiger partial charge is 0.389 e. The third kappa shape index (κ3) is 1.93. The van der Waals surface area contributed by atoms with Gasteiger partial charge in [0.15, 0.2) is 0 Å². The van der Waals surface area contributed by atoms with Crippen LogP contribution in [0.3, 0.4) is 0 Å². The maximum Gasteiger partial charge on any atom is 0.0739 e. The summed E-state index contributed by atoms with van der Waals surface area (Å²) < 4.78 is 0. The first-order valence-electron chi connectivity index (χ1n) is 6.36. The van der Waals surface area contributed by atoms with E-state index in [2.05, 4.69) is 5.32 Å². The van der Waals surface area contributed by atoms with Gasteiger partial charge in [0.25, 0.3) is 0 Å². The Morgan fingerprint density at radius 3 is 2.13 bits per heavy atom. The quantitative estimate of drug-likeness (QED) is 0.640. The molecule has 3 nitrogen and oxygen atoms in total. The molecule has 2 aliphatic rings. The van der Waals surface area contributed by atoms with Gasteiger partial charge in [0.05, 0.1) is 5.60 Å². The third-order valence-electron chi connectivity index (χ3n) is 4.62. The van der Waals surface area contributed by atoms with Crippen LogP contribution in [0.15, 0.2) is 0 Å². The zero-order chi connectivity index (χ0) is 10.8. The van der Waals surface area contributed by atoms with E-state index in [-0.39, 0.29) is 5.41 Å². The van der Waals surface area contributed by atoms with Gasteiger partial charge in [-0.25, -0.2) is 0 Å². The molecule has 1 aliphatic carbocycles. The summed E-state index contributed by atoms with van der Waals surface area (Å²) in [6, 6.07) is 0. The van der Waals surface area contributed by atoms with Crippen molar-refractivity contribution in [3.8, 4) is 0 Å². The Balaban J connectivity index is 2.15. The molecule has 0 atom stereocenters. The van der Waals surface area contributed by atoms with Crippen LogP contribution in [-0.4, -0.2) is 30.3 Å². The third-order valence-corrected chi connectivity index (χ3v) is 4.62. The van der Waals surface area contributed by atoms with E-state index in [0.29, 0.717) is 6.54 Å². The van der Waals surface area contributed by atoms with Crippen molar-refractivity contribution in [2.75, 3.05) is 19.6 Å². The summed E-state index contributed by atoms with van der Waals surface area (Å²) in [6.45, 7) is 2.54. The number of nitrogens with one attached hydrogen (secondary N) is 1. The molecule has 15 heavy (non-hydrogen) atoms. The van der Waals surface area contributed by atoms with Gasteiger partial charge >= 0.3 is 0 Å². The first-order chi connectivity index (χ1) is 7.22. The number of hydrogen-bond donors (Lipinski definition) is 3. The summed E-state index contributed by atoms with van der Waals surface area (Å²) in [7, 11) is 0. The van der Waals surface area contributed by atoms with Crippen LogP contribution in [-0.2, 0) is 0 Å². The molecule has 3 heteroatoms. The molecular weight excluding hydrogens is 188 g/mol. The van der Waals surface area contributed by atoms with Crippen molar-refractivity contribution < 1.29 is 5.11 Å². The Hall–Kier alpha value is -0.120. The van der Waals surface area contributed by atoms with Gasteiger partial charge in [-0.05, 0) is 38.8 Å². The van der Waals surface area contributed by atoms with Gasteiger partial charge in [-0.1, -0.05) is 19.3 Å². The maximum atomic E-state index is 10.8. The van der Waals surface area contributed by atoms with Crippen LogP contribution in [0.5, 0.6) is 0 Å². The molecule has 0 radical (unpaired) electrons. The minimum atomic E-state index is -0.493. The molecule has 0 aromatic rings. The van der Waals surface area contributed by atoms with E-state index < -0.39 is 5.60 Å². The van der Waals surface area contributed by atoms with Crippen LogP contribution in [0.1, 0.15) is 44.9 Å². The lowest BCUT2D eigenvalue weighted by molar-refractivity contribution is -0.117. The lowest BCUT2D eigenvalue weighted by atomic mass is 9.60. The molecule has 0 bridgehead atoms. The van der Waals surface area contributed by atoms with Crippen LogP contribution in [0.2, 0.25) is 0 Å². The van der Waals surface area contributed by atoms with Gasteiger partial charge in [0.1, 0.15) is 0 Å². The average molecular weight is 212 g/mol. The average Bonchev–Trinajstić information content (AvgIpc) is 2.31. The molecule has 0 amide bonds. The van der Waals surface area contributed by atoms with E-state index in [1.165, 1.54) is 19.3 Å². The topological polar surface area (TPSA) is 58.3 Å². The van der Waals surface area contributed by atoms with Gasteiger partial charge in [-0.3, -0.25) is 0 Å². The molecule has 88 valence electrons. The Bertz CT molecular complexity index is 206. The summed E-state index contributed by atoms with van der Waals surface area (Å²) in [6.07, 6.45) is 7.81. The Morgan fingerprint density at radius 1 is 1.00 bits per heavy atom. The van der Waals surface area contributed by atoms with E-state index in [0.717, 1.165) is 38.8 Å². The van der Waals surface area contributed by atoms with Crippen LogP contribution in [0, 0.1) is 5.41 Å². The normalized spacial score (nSPS) is 30.0. The number of aliphatic hydroxyl groups is 1. The highest BCUT2D eigenvalue weighted by atomic mass is 16.3. The van der Waals surface area contributed by atoms with Gasteiger partial charge in [0.2, 0.25) is 0 Å². The standard InChI is InChI=1S/C12H24N2O/c13-10-11(4-2-1-3-5-11)12(15)6-8-14-9-7-12/h14-15H,1-10,13H2. The van der Waals surface area contributed by atoms with Crippen molar-refractivity contribution in [3.63, 3.8) is 0 Å². The number of rotatable bonds is 2. The summed E-state index contributed by atoms with van der Waals surface area (Å²) >= 11 is 0. The minimum Gasteiger partial charge on any atom is -0.389 e. The maximum absolute atomic E-state index is 10.8. The Morgan fingerprint density at radius 2 is 1.60 bits per heavy atom. The molecule has 4 N–H and O–H groups in total. The summed E-state index contributed by atoms with van der Waals surface area (Å²) in [5, 5.41) is 14.1. The molecule has 1 saturated carbocycles. The molecule has 2 fully saturated rings. The Labute approximate surface area is 92.4 Å². The predicted molar refractivity (Wildman–Crippen MR) is 61.6 cm³/mol. The first-order valence-corrected chi connectivity index (χ1v) is 6.36. The van der Waals surface area contributed by atoms with Crippen molar-refractivity contribution in [1.82, 2.24) is 5.32 Å². The van der Waals surface area contributed by atoms with Crippen molar-refractivity contribution in [2.45, 2.75) is 50.5 Å². The van der Waals surface area contributed by atoms with Crippen LogP contribution in [0.25, 0.3) is 0 Å². The monoisotopic (exact) mass is 212 g/mol. The van der Waals surface area contributed by atoms with E-state index in [1.54, 1.807) is 0 Å². The van der Waals surface area contributed by atoms with E-state index >= 15 is 0 Å². The Kier molecular flexibility index (Phi) is 3.33. The van der Waals surface area contributed by atoms with Crippen molar-refractivity contribution >= 4 is 0 Å². The van der Waals surface area contributed by atoms with Gasteiger partial charge in [-0.15, -0.1) is 0 Å². The highest BCUT2D eigenvalue weighted by Crippen LogP contribution is 2.47. The summed E-state index contributed by atoms with van der Waals surface area (Å²) in [5.41, 5.74) is 5.50. The van der Waals surface area contributed by atoms with Crippen molar-refractivity contribution in [3.05, 3.63) is 0 Å². The molecular formula is C12H24N2O. The van der Waals surface area contributed by atoms with E-state index in [9.17, 15) is 5.11 Å². The molecule has 1 aliphatic heterocycles. The first kappa shape index (κ1) is 11.4. The van der Waals surface area contributed by atoms with Crippen LogP contribution in [0.4, 0.5) is 0 Å². The highest BCUT2D eigenvalue weighted by molar-refractivity contribution is 5.02. The number of nitrogens with two attached hydrogens (primary N) is 1. The SMILES string of the molecule is NCC1(C2(O)CCNCC2)CCCCC1. The smallest absolute Gasteiger partial charge is 0.0739 e. The van der Waals surface area contributed by atoms with Gasteiger partial charge in [0, 0.05) is 12.0 Å². The van der Waals surface area contributed by atoms with E-state index in [4.69, 9.17) is 5.73 Å². The van der Waals surface area contributed by atoms with Crippen LogP contribution >= 0.6 is 0 Å². The fraction of sp³-hybridized carbons (Fsp3) is 1.00. The molecule has 0 aromatic heterocycles. The number of piperidine rings is 1. The minimum absolute atomic E-state index is 0.0212. The second-order valence-corrected chi connectivity index (χ2v) is 5.33. The fourth-order valence-electron chi connectivity index (χ4n) is 3.46. The highest BCUT2D eigenvalue weighted by Gasteiger charge is 2.49. The molecule has 0 unspecified atom stereocenters. The summed E-state index contributed by atoms with van der Waals surface area (Å²) in [4.78, 5) is 0. The fourth-order valence-corrected chi connectivity index (χ4v) is 3.46. The van der Waals surface area contributed by atoms with E-state index in [1.807, 2.05) is 0 Å². The zero-order valence-corrected chi connectivity index (χ0v) is 9.60. The molecule has 0 spiro atoms. The zero-order valence-electron chi connectivity index (χ0n) is 9.60. The lowest BCUT2D eigenvalue weighted by Gasteiger charge is -2.51. The van der Waals surface area contributed by atoms with Crippen molar-refractivity contribution in [2.24, 2.45) is 11.1 Å². The lowest BCUT2D eigenvalue weighted by Crippen LogP contribution is -2.58. The molecule has 1 heterocycles.